The summed E-state index contributed by atoms with van der Waals surface area (Å²) >= 11 is 0. The number of primary amides is 1. The van der Waals surface area contributed by atoms with Crippen LogP contribution >= 0.6 is 0 Å². The molecular formula is C10H16N2O4. The summed E-state index contributed by atoms with van der Waals surface area (Å²) in [5.41, 5.74) is 4.03. The Kier molecular flexibility index (Phi) is 4.60. The van der Waals surface area contributed by atoms with Crippen molar-refractivity contribution in [2.75, 3.05) is 19.8 Å². The minimum absolute atomic E-state index is 0.129. The first kappa shape index (κ1) is 12.8. The Morgan fingerprint density at radius 1 is 1.69 bits per heavy atom. The molecule has 6 nitrogen and oxygen atoms in total. The third-order valence-corrected chi connectivity index (χ3v) is 2.32. The van der Waals surface area contributed by atoms with Gasteiger partial charge in [-0.3, -0.25) is 9.79 Å². The number of nitrogens with two attached hydrogens (primary N) is 1. The van der Waals surface area contributed by atoms with Gasteiger partial charge in [-0.15, -0.1) is 0 Å². The predicted octanol–water partition coefficient (Wildman–Crippen LogP) is -1.39. The van der Waals surface area contributed by atoms with Gasteiger partial charge >= 0.3 is 0 Å². The van der Waals surface area contributed by atoms with E-state index in [0.717, 1.165) is 0 Å². The maximum absolute atomic E-state index is 11.3. The minimum atomic E-state index is -1.22. The Hall–Kier alpha value is -1.24. The molecule has 0 saturated heterocycles. The van der Waals surface area contributed by atoms with Gasteiger partial charge in [0.05, 0.1) is 25.9 Å². The van der Waals surface area contributed by atoms with Crippen LogP contribution in [0.15, 0.2) is 17.1 Å². The van der Waals surface area contributed by atoms with Crippen molar-refractivity contribution in [3.8, 4) is 0 Å². The summed E-state index contributed by atoms with van der Waals surface area (Å²) in [4.78, 5) is 15.2. The van der Waals surface area contributed by atoms with Gasteiger partial charge in [0.15, 0.2) is 5.60 Å². The fourth-order valence-electron chi connectivity index (χ4n) is 1.29. The van der Waals surface area contributed by atoms with Gasteiger partial charge in [0.25, 0.3) is 5.91 Å². The van der Waals surface area contributed by atoms with Gasteiger partial charge in [0.1, 0.15) is 0 Å². The van der Waals surface area contributed by atoms with E-state index in [9.17, 15) is 4.79 Å². The average Bonchev–Trinajstić information content (AvgIpc) is 2.30. The van der Waals surface area contributed by atoms with Crippen molar-refractivity contribution < 1.29 is 19.7 Å². The number of hydrogen-bond acceptors (Lipinski definition) is 5. The Labute approximate surface area is 93.4 Å². The highest BCUT2D eigenvalue weighted by molar-refractivity contribution is 5.89. The van der Waals surface area contributed by atoms with Crippen molar-refractivity contribution in [3.63, 3.8) is 0 Å². The number of hydrogen-bond donors (Lipinski definition) is 3. The standard InChI is InChI=1S/C10H16N2O4/c11-9(15)10(3-1-4-12-7-10)16-5-2-8(14)6-13/h1,3-4,8,13-14H,2,5-7H2,(H2,11,15). The lowest BCUT2D eigenvalue weighted by molar-refractivity contribution is -0.137. The lowest BCUT2D eigenvalue weighted by atomic mass is 10.0. The van der Waals surface area contributed by atoms with Gasteiger partial charge in [0, 0.05) is 6.21 Å². The molecule has 0 fully saturated rings. The lowest BCUT2D eigenvalue weighted by Gasteiger charge is -2.27. The molecule has 1 amide bonds. The van der Waals surface area contributed by atoms with Crippen molar-refractivity contribution in [2.24, 2.45) is 10.7 Å². The second-order valence-electron chi connectivity index (χ2n) is 3.58. The Morgan fingerprint density at radius 2 is 2.44 bits per heavy atom. The largest absolute Gasteiger partial charge is 0.394 e. The third kappa shape index (κ3) is 3.13. The van der Waals surface area contributed by atoms with Crippen molar-refractivity contribution in [1.29, 1.82) is 0 Å². The van der Waals surface area contributed by atoms with Gasteiger partial charge in [-0.05, 0) is 18.6 Å². The van der Waals surface area contributed by atoms with E-state index in [1.54, 1.807) is 18.4 Å². The summed E-state index contributed by atoms with van der Waals surface area (Å²) < 4.78 is 5.36. The predicted molar refractivity (Wildman–Crippen MR) is 58.1 cm³/mol. The average molecular weight is 228 g/mol. The number of rotatable bonds is 6. The molecule has 1 heterocycles. The van der Waals surface area contributed by atoms with Crippen LogP contribution in [0.4, 0.5) is 0 Å². The molecule has 1 aliphatic rings. The molecule has 1 aliphatic heterocycles. The summed E-state index contributed by atoms with van der Waals surface area (Å²) in [5.74, 6) is -0.612. The first-order chi connectivity index (χ1) is 7.60. The summed E-state index contributed by atoms with van der Waals surface area (Å²) in [6.07, 6.45) is 4.10. The van der Waals surface area contributed by atoms with E-state index in [4.69, 9.17) is 20.7 Å². The molecule has 4 N–H and O–H groups in total. The number of aliphatic imine (C=N–C) groups is 1. The molecule has 0 aromatic carbocycles. The molecule has 0 radical (unpaired) electrons. The number of carbonyl (C=O) groups excluding carboxylic acids is 1. The second kappa shape index (κ2) is 5.74. The van der Waals surface area contributed by atoms with Crippen LogP contribution in [0.5, 0.6) is 0 Å². The Balaban J connectivity index is 2.50. The zero-order chi connectivity index (χ0) is 12.0. The maximum atomic E-state index is 11.3. The highest BCUT2D eigenvalue weighted by Gasteiger charge is 2.35. The topological polar surface area (TPSA) is 105 Å². The number of allylic oxidation sites excluding steroid dienone is 1. The van der Waals surface area contributed by atoms with Crippen LogP contribution in [-0.2, 0) is 9.53 Å². The van der Waals surface area contributed by atoms with Gasteiger partial charge in [0.2, 0.25) is 0 Å². The highest BCUT2D eigenvalue weighted by atomic mass is 16.5. The number of carbonyl (C=O) groups is 1. The molecule has 2 atom stereocenters. The molecule has 16 heavy (non-hydrogen) atoms. The number of ether oxygens (including phenoxy) is 1. The second-order valence-corrected chi connectivity index (χ2v) is 3.58. The van der Waals surface area contributed by atoms with Crippen LogP contribution in [0.2, 0.25) is 0 Å². The molecule has 0 aromatic rings. The molecule has 0 aromatic heterocycles. The van der Waals surface area contributed by atoms with E-state index >= 15 is 0 Å². The van der Waals surface area contributed by atoms with E-state index in [0.29, 0.717) is 0 Å². The molecule has 0 aliphatic carbocycles. The zero-order valence-corrected chi connectivity index (χ0v) is 8.87. The SMILES string of the molecule is NC(=O)C1(OCCC(O)CO)C=CC=NC1. The van der Waals surface area contributed by atoms with E-state index in [1.807, 2.05) is 0 Å². The van der Waals surface area contributed by atoms with Crippen LogP contribution < -0.4 is 5.73 Å². The monoisotopic (exact) mass is 228 g/mol. The molecule has 2 unspecified atom stereocenters. The van der Waals surface area contributed by atoms with E-state index in [2.05, 4.69) is 4.99 Å². The molecule has 90 valence electrons. The van der Waals surface area contributed by atoms with Crippen LogP contribution in [0.3, 0.4) is 0 Å². The quantitative estimate of drug-likeness (QED) is 0.520. The number of nitrogens with zero attached hydrogens (tertiary/aromatic N) is 1. The summed E-state index contributed by atoms with van der Waals surface area (Å²) in [5, 5.41) is 17.7. The number of aliphatic hydroxyl groups excluding tert-OH is 2. The minimum Gasteiger partial charge on any atom is -0.394 e. The van der Waals surface area contributed by atoms with E-state index in [-0.39, 0.29) is 26.2 Å². The maximum Gasteiger partial charge on any atom is 0.255 e. The molecular weight excluding hydrogens is 212 g/mol. The van der Waals surface area contributed by atoms with Crippen molar-refractivity contribution in [2.45, 2.75) is 18.1 Å². The van der Waals surface area contributed by atoms with Gasteiger partial charge in [-0.2, -0.15) is 0 Å². The smallest absolute Gasteiger partial charge is 0.255 e. The summed E-state index contributed by atoms with van der Waals surface area (Å²) in [6, 6.07) is 0. The number of dihydropyridines is 1. The van der Waals surface area contributed by atoms with Crippen molar-refractivity contribution >= 4 is 12.1 Å². The van der Waals surface area contributed by atoms with Gasteiger partial charge in [-0.25, -0.2) is 0 Å². The highest BCUT2D eigenvalue weighted by Crippen LogP contribution is 2.16. The van der Waals surface area contributed by atoms with E-state index in [1.165, 1.54) is 0 Å². The molecule has 1 rings (SSSR count). The molecule has 0 spiro atoms. The normalized spacial score (nSPS) is 25.6. The first-order valence-electron chi connectivity index (χ1n) is 5.01. The number of aliphatic hydroxyl groups is 2. The Morgan fingerprint density at radius 3 is 2.94 bits per heavy atom. The molecule has 0 saturated carbocycles. The van der Waals surface area contributed by atoms with Crippen LogP contribution in [0, 0.1) is 0 Å². The molecule has 0 bridgehead atoms. The van der Waals surface area contributed by atoms with Gasteiger partial charge in [-0.1, -0.05) is 0 Å². The van der Waals surface area contributed by atoms with Crippen molar-refractivity contribution in [3.05, 3.63) is 12.2 Å². The summed E-state index contributed by atoms with van der Waals surface area (Å²) in [6.45, 7) is -0.0560. The fraction of sp³-hybridized carbons (Fsp3) is 0.600. The lowest BCUT2D eigenvalue weighted by Crippen LogP contribution is -2.48. The zero-order valence-electron chi connectivity index (χ0n) is 8.87. The number of amides is 1. The first-order valence-corrected chi connectivity index (χ1v) is 5.01. The fourth-order valence-corrected chi connectivity index (χ4v) is 1.29. The third-order valence-electron chi connectivity index (χ3n) is 2.32. The summed E-state index contributed by atoms with van der Waals surface area (Å²) in [7, 11) is 0. The Bertz CT molecular complexity index is 303. The van der Waals surface area contributed by atoms with Gasteiger partial charge < -0.3 is 20.7 Å². The van der Waals surface area contributed by atoms with Crippen LogP contribution in [-0.4, -0.2) is 53.8 Å². The molecule has 6 heteroatoms. The van der Waals surface area contributed by atoms with Crippen LogP contribution in [0.25, 0.3) is 0 Å². The van der Waals surface area contributed by atoms with Crippen molar-refractivity contribution in [1.82, 2.24) is 0 Å². The van der Waals surface area contributed by atoms with Crippen LogP contribution in [0.1, 0.15) is 6.42 Å². The van der Waals surface area contributed by atoms with E-state index < -0.39 is 17.6 Å².